The first-order valence-corrected chi connectivity index (χ1v) is 12.6. The van der Waals surface area contributed by atoms with Crippen molar-refractivity contribution in [2.24, 2.45) is 5.92 Å². The summed E-state index contributed by atoms with van der Waals surface area (Å²) in [5.41, 5.74) is -1.88. The molecule has 2 fully saturated rings. The lowest BCUT2D eigenvalue weighted by molar-refractivity contribution is -0.150. The molecule has 3 amide bonds. The van der Waals surface area contributed by atoms with E-state index in [0.29, 0.717) is 19.3 Å². The molecule has 10 heteroatoms. The fourth-order valence-corrected chi connectivity index (χ4v) is 4.77. The average molecular weight is 494 g/mol. The van der Waals surface area contributed by atoms with E-state index in [9.17, 15) is 24.3 Å². The number of hydrogen-bond acceptors (Lipinski definition) is 7. The Morgan fingerprint density at radius 2 is 2.00 bits per heavy atom. The van der Waals surface area contributed by atoms with Crippen LogP contribution >= 0.6 is 0 Å². The van der Waals surface area contributed by atoms with E-state index in [1.165, 1.54) is 4.90 Å². The number of ether oxygens (including phenoxy) is 2. The molecule has 2 aliphatic heterocycles. The van der Waals surface area contributed by atoms with E-state index in [-0.39, 0.29) is 25.5 Å². The second-order valence-corrected chi connectivity index (χ2v) is 10.7. The summed E-state index contributed by atoms with van der Waals surface area (Å²) >= 11 is 0. The number of fused-ring (bicyclic) bond motifs is 2. The van der Waals surface area contributed by atoms with Crippen molar-refractivity contribution in [1.29, 1.82) is 0 Å². The third-order valence-electron chi connectivity index (χ3n) is 6.59. The highest BCUT2D eigenvalue weighted by molar-refractivity contribution is 5.96. The first kappa shape index (κ1) is 27.0. The molecule has 1 saturated heterocycles. The van der Waals surface area contributed by atoms with Gasteiger partial charge in [0.2, 0.25) is 11.8 Å². The van der Waals surface area contributed by atoms with Crippen LogP contribution in [0.1, 0.15) is 72.6 Å². The summed E-state index contributed by atoms with van der Waals surface area (Å²) in [4.78, 5) is 53.4. The highest BCUT2D eigenvalue weighted by atomic mass is 16.6. The normalized spacial score (nSPS) is 31.9. The van der Waals surface area contributed by atoms with Crippen LogP contribution in [0.25, 0.3) is 0 Å². The van der Waals surface area contributed by atoms with E-state index >= 15 is 0 Å². The highest BCUT2D eigenvalue weighted by Crippen LogP contribution is 2.46. The largest absolute Gasteiger partial charge is 0.464 e. The number of alkyl carbamates (subject to hydrolysis) is 1. The molecule has 0 unspecified atom stereocenters. The molecule has 3 aliphatic rings. The lowest BCUT2D eigenvalue weighted by Gasteiger charge is -2.30. The second-order valence-electron chi connectivity index (χ2n) is 10.7. The van der Waals surface area contributed by atoms with Crippen LogP contribution in [0, 0.1) is 5.92 Å². The molecule has 0 bridgehead atoms. The van der Waals surface area contributed by atoms with Crippen LogP contribution in [0.3, 0.4) is 0 Å². The van der Waals surface area contributed by atoms with E-state index in [2.05, 4.69) is 10.6 Å². The standard InChI is InChI=1S/C25H39N3O7/c1-5-34-22(32)25-14-16(25)11-9-7-6-8-10-12-18(26-23(33)35-24(2,3)4)21(31)28-15-17(29)13-19(28)20(30)27-25/h9,11,16-19,29H,5-8,10,12-15H2,1-4H3,(H,26,33)(H,27,30)/t16-,17+,18-,19+,25-/m1/s1. The van der Waals surface area contributed by atoms with Gasteiger partial charge in [-0.1, -0.05) is 25.0 Å². The van der Waals surface area contributed by atoms with Crippen molar-refractivity contribution in [3.05, 3.63) is 12.2 Å². The van der Waals surface area contributed by atoms with Crippen molar-refractivity contribution in [3.63, 3.8) is 0 Å². The molecule has 196 valence electrons. The van der Waals surface area contributed by atoms with Gasteiger partial charge in [0.25, 0.3) is 0 Å². The molecule has 3 rings (SSSR count). The van der Waals surface area contributed by atoms with E-state index in [0.717, 1.165) is 19.3 Å². The molecule has 0 aromatic heterocycles. The Kier molecular flexibility index (Phi) is 8.46. The summed E-state index contributed by atoms with van der Waals surface area (Å²) in [6, 6.07) is -1.85. The third kappa shape index (κ3) is 6.74. The number of aliphatic hydroxyl groups excluding tert-OH is 1. The minimum Gasteiger partial charge on any atom is -0.464 e. The molecule has 3 N–H and O–H groups in total. The summed E-state index contributed by atoms with van der Waals surface area (Å²) < 4.78 is 10.6. The van der Waals surface area contributed by atoms with Crippen molar-refractivity contribution >= 4 is 23.9 Å². The van der Waals surface area contributed by atoms with Gasteiger partial charge >= 0.3 is 12.1 Å². The van der Waals surface area contributed by atoms with Crippen molar-refractivity contribution in [1.82, 2.24) is 15.5 Å². The van der Waals surface area contributed by atoms with Gasteiger partial charge in [-0.15, -0.1) is 0 Å². The van der Waals surface area contributed by atoms with Crippen LogP contribution in [-0.4, -0.2) is 76.4 Å². The first-order chi connectivity index (χ1) is 16.5. The molecule has 0 aromatic rings. The summed E-state index contributed by atoms with van der Waals surface area (Å²) in [6.45, 7) is 7.08. The van der Waals surface area contributed by atoms with Gasteiger partial charge in [0, 0.05) is 18.9 Å². The van der Waals surface area contributed by atoms with E-state index in [1.807, 2.05) is 12.2 Å². The molecule has 0 radical (unpaired) electrons. The number of aliphatic hydroxyl groups is 1. The summed E-state index contributed by atoms with van der Waals surface area (Å²) in [5.74, 6) is -1.62. The molecule has 1 aliphatic carbocycles. The molecule has 0 spiro atoms. The van der Waals surface area contributed by atoms with Crippen LogP contribution in [0.2, 0.25) is 0 Å². The molecular formula is C25H39N3O7. The zero-order valence-corrected chi connectivity index (χ0v) is 21.2. The molecule has 10 nitrogen and oxygen atoms in total. The predicted octanol–water partition coefficient (Wildman–Crippen LogP) is 1.80. The first-order valence-electron chi connectivity index (χ1n) is 12.6. The Bertz CT molecular complexity index is 852. The van der Waals surface area contributed by atoms with Gasteiger partial charge in [0.15, 0.2) is 0 Å². The van der Waals surface area contributed by atoms with Crippen molar-refractivity contribution in [2.75, 3.05) is 13.2 Å². The van der Waals surface area contributed by atoms with Crippen LogP contribution < -0.4 is 10.6 Å². The summed E-state index contributed by atoms with van der Waals surface area (Å²) in [6.07, 6.45) is 6.49. The van der Waals surface area contributed by atoms with Crippen LogP contribution in [0.4, 0.5) is 4.79 Å². The highest BCUT2D eigenvalue weighted by Gasteiger charge is 2.62. The van der Waals surface area contributed by atoms with Crippen molar-refractivity contribution in [3.8, 4) is 0 Å². The van der Waals surface area contributed by atoms with Crippen molar-refractivity contribution < 1.29 is 33.8 Å². The van der Waals surface area contributed by atoms with Gasteiger partial charge in [-0.2, -0.15) is 0 Å². The number of nitrogens with one attached hydrogen (secondary N) is 2. The Morgan fingerprint density at radius 1 is 1.26 bits per heavy atom. The predicted molar refractivity (Wildman–Crippen MR) is 127 cm³/mol. The summed E-state index contributed by atoms with van der Waals surface area (Å²) in [5, 5.41) is 15.8. The Morgan fingerprint density at radius 3 is 2.69 bits per heavy atom. The summed E-state index contributed by atoms with van der Waals surface area (Å²) in [7, 11) is 0. The zero-order valence-electron chi connectivity index (χ0n) is 21.2. The number of carbonyl (C=O) groups excluding carboxylic acids is 4. The number of rotatable bonds is 3. The van der Waals surface area contributed by atoms with Crippen molar-refractivity contribution in [2.45, 2.75) is 102 Å². The lowest BCUT2D eigenvalue weighted by atomic mass is 10.0. The molecule has 5 atom stereocenters. The number of hydrogen-bond donors (Lipinski definition) is 3. The third-order valence-corrected chi connectivity index (χ3v) is 6.59. The molecular weight excluding hydrogens is 454 g/mol. The van der Waals surface area contributed by atoms with Crippen LogP contribution in [0.5, 0.6) is 0 Å². The maximum atomic E-state index is 13.5. The fourth-order valence-electron chi connectivity index (χ4n) is 4.77. The molecule has 35 heavy (non-hydrogen) atoms. The molecule has 1 saturated carbocycles. The Hall–Kier alpha value is -2.62. The van der Waals surface area contributed by atoms with Crippen LogP contribution in [-0.2, 0) is 23.9 Å². The topological polar surface area (TPSA) is 134 Å². The number of carbonyl (C=O) groups is 4. The fraction of sp³-hybridized carbons (Fsp3) is 0.760. The Labute approximate surface area is 206 Å². The maximum absolute atomic E-state index is 13.5. The van der Waals surface area contributed by atoms with Gasteiger partial charge in [0.1, 0.15) is 23.2 Å². The van der Waals surface area contributed by atoms with Gasteiger partial charge < -0.3 is 30.1 Å². The smallest absolute Gasteiger partial charge is 0.408 e. The SMILES string of the molecule is CCOC(=O)[C@@]12C[C@H]1C=CCCCCC[C@@H](NC(=O)OC(C)(C)C)C(=O)N1C[C@@H](O)C[C@H]1C(=O)N2. The van der Waals surface area contributed by atoms with E-state index in [4.69, 9.17) is 9.47 Å². The second kappa shape index (κ2) is 11.0. The number of amides is 3. The molecule has 0 aromatic carbocycles. The number of esters is 1. The zero-order chi connectivity index (χ0) is 25.8. The van der Waals surface area contributed by atoms with E-state index < -0.39 is 53.2 Å². The molecule has 2 heterocycles. The minimum atomic E-state index is -1.15. The number of allylic oxidation sites excluding steroid dienone is 1. The quantitative estimate of drug-likeness (QED) is 0.403. The monoisotopic (exact) mass is 493 g/mol. The number of nitrogens with zero attached hydrogens (tertiary/aromatic N) is 1. The van der Waals surface area contributed by atoms with Gasteiger partial charge in [0.05, 0.1) is 12.7 Å². The van der Waals surface area contributed by atoms with Gasteiger partial charge in [-0.25, -0.2) is 9.59 Å². The minimum absolute atomic E-state index is 0.0286. The van der Waals surface area contributed by atoms with Crippen LogP contribution in [0.15, 0.2) is 12.2 Å². The van der Waals surface area contributed by atoms with Gasteiger partial charge in [-0.3, -0.25) is 9.59 Å². The van der Waals surface area contributed by atoms with Gasteiger partial charge in [-0.05, 0) is 53.4 Å². The van der Waals surface area contributed by atoms with E-state index in [1.54, 1.807) is 27.7 Å². The average Bonchev–Trinajstić information content (AvgIpc) is 3.30. The lowest BCUT2D eigenvalue weighted by Crippen LogP contribution is -2.56. The Balaban J connectivity index is 1.84. The maximum Gasteiger partial charge on any atom is 0.408 e.